The monoisotopic (exact) mass is 406 g/mol. The van der Waals surface area contributed by atoms with Crippen LogP contribution in [0.4, 0.5) is 11.5 Å². The van der Waals surface area contributed by atoms with Gasteiger partial charge >= 0.3 is 5.69 Å². The number of amides is 1. The lowest BCUT2D eigenvalue weighted by Gasteiger charge is -2.23. The van der Waals surface area contributed by atoms with E-state index in [4.69, 9.17) is 5.73 Å². The molecule has 7 nitrogen and oxygen atoms in total. The van der Waals surface area contributed by atoms with E-state index in [1.54, 1.807) is 6.92 Å². The maximum absolute atomic E-state index is 13.0. The van der Waals surface area contributed by atoms with Gasteiger partial charge in [-0.05, 0) is 43.0 Å². The Bertz CT molecular complexity index is 1180. The molecule has 3 aromatic rings. The Labute approximate surface area is 174 Å². The van der Waals surface area contributed by atoms with Crippen LogP contribution < -0.4 is 21.9 Å². The zero-order chi connectivity index (χ0) is 21.8. The van der Waals surface area contributed by atoms with E-state index in [1.165, 1.54) is 9.47 Å². The Balaban J connectivity index is 1.98. The van der Waals surface area contributed by atoms with Crippen LogP contribution in [0.2, 0.25) is 0 Å². The van der Waals surface area contributed by atoms with Crippen LogP contribution in [0.1, 0.15) is 29.2 Å². The number of likely N-dealkylation sites (N-methyl/N-ethyl adjacent to an activating group) is 1. The van der Waals surface area contributed by atoms with Gasteiger partial charge in [-0.1, -0.05) is 48.5 Å². The second kappa shape index (κ2) is 8.82. The first kappa shape index (κ1) is 21.1. The Morgan fingerprint density at radius 2 is 1.73 bits per heavy atom. The van der Waals surface area contributed by atoms with Crippen molar-refractivity contribution in [1.29, 1.82) is 0 Å². The van der Waals surface area contributed by atoms with Gasteiger partial charge in [0.05, 0.1) is 13.0 Å². The number of aryl methyl sites for hydroxylation is 2. The first-order chi connectivity index (χ1) is 14.3. The fourth-order valence-corrected chi connectivity index (χ4v) is 3.40. The number of nitrogens with one attached hydrogen (secondary N) is 1. The lowest BCUT2D eigenvalue weighted by molar-refractivity contribution is -0.117. The zero-order valence-corrected chi connectivity index (χ0v) is 17.4. The van der Waals surface area contributed by atoms with Gasteiger partial charge in [-0.2, -0.15) is 0 Å². The van der Waals surface area contributed by atoms with Gasteiger partial charge in [-0.3, -0.25) is 19.1 Å². The van der Waals surface area contributed by atoms with E-state index >= 15 is 0 Å². The molecule has 0 saturated carbocycles. The Kier molecular flexibility index (Phi) is 6.20. The molecule has 1 heterocycles. The average molecular weight is 406 g/mol. The van der Waals surface area contributed by atoms with Gasteiger partial charge in [-0.15, -0.1) is 0 Å². The van der Waals surface area contributed by atoms with Gasteiger partial charge in [0.1, 0.15) is 5.82 Å². The van der Waals surface area contributed by atoms with Crippen LogP contribution in [0, 0.1) is 13.8 Å². The number of aromatic amines is 1. The highest BCUT2D eigenvalue weighted by Crippen LogP contribution is 2.19. The quantitative estimate of drug-likeness (QED) is 0.656. The van der Waals surface area contributed by atoms with E-state index in [0.29, 0.717) is 0 Å². The standard InChI is InChI=1S/C23H26N4O3/c1-4-26(19(28)13-18-11-10-15(2)16(3)12-18)20-21(24)27(23(30)25-22(20)29)14-17-8-6-5-7-9-17/h5-12H,4,13-14,24H2,1-3H3,(H,25,29,30). The molecule has 156 valence electrons. The number of aromatic nitrogens is 2. The molecule has 2 aromatic carbocycles. The van der Waals surface area contributed by atoms with Crippen LogP contribution in [0.5, 0.6) is 0 Å². The summed E-state index contributed by atoms with van der Waals surface area (Å²) in [6, 6.07) is 15.1. The largest absolute Gasteiger partial charge is 0.383 e. The molecule has 3 rings (SSSR count). The van der Waals surface area contributed by atoms with Gasteiger partial charge in [0.15, 0.2) is 5.69 Å². The minimum absolute atomic E-state index is 0.00173. The highest BCUT2D eigenvalue weighted by atomic mass is 16.2. The van der Waals surface area contributed by atoms with Crippen molar-refractivity contribution < 1.29 is 4.79 Å². The molecule has 0 aliphatic heterocycles. The zero-order valence-electron chi connectivity index (χ0n) is 17.4. The number of nitrogens with zero attached hydrogens (tertiary/aromatic N) is 2. The summed E-state index contributed by atoms with van der Waals surface area (Å²) in [5, 5.41) is 0. The molecule has 0 unspecified atom stereocenters. The predicted molar refractivity (Wildman–Crippen MR) is 119 cm³/mol. The van der Waals surface area contributed by atoms with Crippen LogP contribution in [-0.2, 0) is 17.8 Å². The van der Waals surface area contributed by atoms with Crippen LogP contribution in [0.25, 0.3) is 0 Å². The molecule has 0 aliphatic rings. The number of anilines is 2. The van der Waals surface area contributed by atoms with Gasteiger partial charge in [-0.25, -0.2) is 4.79 Å². The molecular formula is C23H26N4O3. The minimum Gasteiger partial charge on any atom is -0.383 e. The number of nitrogen functional groups attached to an aromatic ring is 1. The summed E-state index contributed by atoms with van der Waals surface area (Å²) in [5.74, 6) is -0.286. The number of H-pyrrole nitrogens is 1. The van der Waals surface area contributed by atoms with Gasteiger partial charge < -0.3 is 10.6 Å². The van der Waals surface area contributed by atoms with Crippen molar-refractivity contribution in [2.24, 2.45) is 0 Å². The molecule has 30 heavy (non-hydrogen) atoms. The van der Waals surface area contributed by atoms with Crippen molar-refractivity contribution in [2.75, 3.05) is 17.2 Å². The van der Waals surface area contributed by atoms with E-state index in [0.717, 1.165) is 22.3 Å². The Morgan fingerprint density at radius 1 is 1.03 bits per heavy atom. The first-order valence-electron chi connectivity index (χ1n) is 9.84. The lowest BCUT2D eigenvalue weighted by Crippen LogP contribution is -2.41. The molecule has 3 N–H and O–H groups in total. The molecule has 0 spiro atoms. The van der Waals surface area contributed by atoms with Gasteiger partial charge in [0.25, 0.3) is 5.56 Å². The highest BCUT2D eigenvalue weighted by molar-refractivity contribution is 5.96. The van der Waals surface area contributed by atoms with E-state index in [1.807, 2.05) is 62.4 Å². The minimum atomic E-state index is -0.669. The molecule has 7 heteroatoms. The highest BCUT2D eigenvalue weighted by Gasteiger charge is 2.23. The van der Waals surface area contributed by atoms with Gasteiger partial charge in [0.2, 0.25) is 5.91 Å². The van der Waals surface area contributed by atoms with Crippen molar-refractivity contribution in [2.45, 2.75) is 33.7 Å². The predicted octanol–water partition coefficient (Wildman–Crippen LogP) is 2.38. The summed E-state index contributed by atoms with van der Waals surface area (Å²) >= 11 is 0. The molecule has 1 amide bonds. The summed E-state index contributed by atoms with van der Waals surface area (Å²) in [6.45, 7) is 6.21. The number of hydrogen-bond acceptors (Lipinski definition) is 4. The summed E-state index contributed by atoms with van der Waals surface area (Å²) < 4.78 is 1.28. The van der Waals surface area contributed by atoms with Crippen molar-refractivity contribution in [3.63, 3.8) is 0 Å². The third kappa shape index (κ3) is 4.35. The fourth-order valence-electron chi connectivity index (χ4n) is 3.40. The number of benzene rings is 2. The maximum atomic E-state index is 13.0. The van der Waals surface area contributed by atoms with E-state index in [-0.39, 0.29) is 36.9 Å². The van der Waals surface area contributed by atoms with Crippen molar-refractivity contribution >= 4 is 17.4 Å². The van der Waals surface area contributed by atoms with Crippen LogP contribution in [0.3, 0.4) is 0 Å². The smallest absolute Gasteiger partial charge is 0.330 e. The molecule has 0 bridgehead atoms. The van der Waals surface area contributed by atoms with Crippen molar-refractivity contribution in [3.8, 4) is 0 Å². The number of nitrogens with two attached hydrogens (primary N) is 1. The topological polar surface area (TPSA) is 101 Å². The van der Waals surface area contributed by atoms with Crippen LogP contribution in [-0.4, -0.2) is 22.0 Å². The summed E-state index contributed by atoms with van der Waals surface area (Å²) in [5.41, 5.74) is 8.91. The summed E-state index contributed by atoms with van der Waals surface area (Å²) in [4.78, 5) is 41.6. The molecule has 0 fully saturated rings. The SMILES string of the molecule is CCN(C(=O)Cc1ccc(C)c(C)c1)c1c(N)n(Cc2ccccc2)c(=O)[nH]c1=O. The second-order valence-corrected chi connectivity index (χ2v) is 7.30. The molecule has 0 aliphatic carbocycles. The number of rotatable bonds is 6. The Hall–Kier alpha value is -3.61. The summed E-state index contributed by atoms with van der Waals surface area (Å²) in [7, 11) is 0. The average Bonchev–Trinajstić information content (AvgIpc) is 2.71. The number of carbonyl (C=O) groups excluding carboxylic acids is 1. The van der Waals surface area contributed by atoms with Crippen molar-refractivity contribution in [3.05, 3.63) is 91.6 Å². The normalized spacial score (nSPS) is 10.8. The lowest BCUT2D eigenvalue weighted by atomic mass is 10.0. The number of carbonyl (C=O) groups is 1. The summed E-state index contributed by atoms with van der Waals surface area (Å²) in [6.07, 6.45) is 0.131. The third-order valence-corrected chi connectivity index (χ3v) is 5.21. The third-order valence-electron chi connectivity index (χ3n) is 5.21. The van der Waals surface area contributed by atoms with E-state index in [9.17, 15) is 14.4 Å². The molecule has 1 aromatic heterocycles. The molecular weight excluding hydrogens is 380 g/mol. The fraction of sp³-hybridized carbons (Fsp3) is 0.261. The number of hydrogen-bond donors (Lipinski definition) is 2. The van der Waals surface area contributed by atoms with Crippen LogP contribution >= 0.6 is 0 Å². The van der Waals surface area contributed by atoms with Crippen molar-refractivity contribution in [1.82, 2.24) is 9.55 Å². The Morgan fingerprint density at radius 3 is 2.37 bits per heavy atom. The molecule has 0 saturated heterocycles. The maximum Gasteiger partial charge on any atom is 0.330 e. The first-order valence-corrected chi connectivity index (χ1v) is 9.84. The molecule has 0 radical (unpaired) electrons. The van der Waals surface area contributed by atoms with E-state index < -0.39 is 11.2 Å². The van der Waals surface area contributed by atoms with Crippen LogP contribution in [0.15, 0.2) is 58.1 Å². The second-order valence-electron chi connectivity index (χ2n) is 7.30. The molecule has 0 atom stereocenters. The van der Waals surface area contributed by atoms with Gasteiger partial charge in [0, 0.05) is 6.54 Å². The van der Waals surface area contributed by atoms with E-state index in [2.05, 4.69) is 4.98 Å².